The van der Waals surface area contributed by atoms with E-state index in [1.807, 2.05) is 18.2 Å². The summed E-state index contributed by atoms with van der Waals surface area (Å²) in [5.41, 5.74) is 6.79. The maximum absolute atomic E-state index is 5.84. The lowest BCUT2D eigenvalue weighted by Crippen LogP contribution is -2.12. The fourth-order valence-electron chi connectivity index (χ4n) is 1.15. The van der Waals surface area contributed by atoms with Crippen molar-refractivity contribution in [2.45, 2.75) is 13.3 Å². The Morgan fingerprint density at radius 3 is 2.83 bits per heavy atom. The maximum atomic E-state index is 5.84. The highest BCUT2D eigenvalue weighted by Gasteiger charge is 2.00. The summed E-state index contributed by atoms with van der Waals surface area (Å²) in [5.74, 6) is 0.531. The van der Waals surface area contributed by atoms with Crippen molar-refractivity contribution in [3.63, 3.8) is 0 Å². The number of rotatable bonds is 3. The zero-order valence-electron chi connectivity index (χ0n) is 7.26. The van der Waals surface area contributed by atoms with Crippen molar-refractivity contribution < 1.29 is 0 Å². The smallest absolute Gasteiger partial charge is 0.0408 e. The van der Waals surface area contributed by atoms with Gasteiger partial charge in [-0.05, 0) is 36.6 Å². The summed E-state index contributed by atoms with van der Waals surface area (Å²) >= 11 is 5.84. The molecule has 12 heavy (non-hydrogen) atoms. The van der Waals surface area contributed by atoms with Crippen molar-refractivity contribution in [1.82, 2.24) is 0 Å². The summed E-state index contributed by atoms with van der Waals surface area (Å²) < 4.78 is 0. The maximum Gasteiger partial charge on any atom is 0.0408 e. The third-order valence-electron chi connectivity index (χ3n) is 1.88. The highest BCUT2D eigenvalue weighted by molar-refractivity contribution is 6.30. The van der Waals surface area contributed by atoms with Gasteiger partial charge in [-0.2, -0.15) is 0 Å². The van der Waals surface area contributed by atoms with Crippen LogP contribution in [-0.2, 0) is 6.42 Å². The normalized spacial score (nSPS) is 12.9. The van der Waals surface area contributed by atoms with Crippen molar-refractivity contribution >= 4 is 11.6 Å². The molecule has 1 aromatic carbocycles. The average molecular weight is 184 g/mol. The van der Waals surface area contributed by atoms with Crippen LogP contribution in [0, 0.1) is 5.92 Å². The number of nitrogens with two attached hydrogens (primary N) is 1. The number of hydrogen-bond donors (Lipinski definition) is 1. The highest BCUT2D eigenvalue weighted by Crippen LogP contribution is 2.13. The molecule has 1 rings (SSSR count). The van der Waals surface area contributed by atoms with Crippen LogP contribution in [0.1, 0.15) is 12.5 Å². The van der Waals surface area contributed by atoms with E-state index in [4.69, 9.17) is 17.3 Å². The van der Waals surface area contributed by atoms with E-state index in [1.54, 1.807) is 0 Å². The molecule has 0 aliphatic heterocycles. The topological polar surface area (TPSA) is 26.0 Å². The van der Waals surface area contributed by atoms with Crippen LogP contribution < -0.4 is 5.73 Å². The average Bonchev–Trinajstić information content (AvgIpc) is 2.04. The van der Waals surface area contributed by atoms with Crippen molar-refractivity contribution in [3.05, 3.63) is 34.9 Å². The zero-order valence-corrected chi connectivity index (χ0v) is 8.01. The van der Waals surface area contributed by atoms with E-state index >= 15 is 0 Å². The monoisotopic (exact) mass is 183 g/mol. The third-order valence-corrected chi connectivity index (χ3v) is 2.11. The van der Waals surface area contributed by atoms with Crippen molar-refractivity contribution in [3.8, 4) is 0 Å². The van der Waals surface area contributed by atoms with Gasteiger partial charge in [-0.1, -0.05) is 30.7 Å². The van der Waals surface area contributed by atoms with E-state index in [0.717, 1.165) is 18.0 Å². The van der Waals surface area contributed by atoms with E-state index < -0.39 is 0 Å². The molecule has 0 radical (unpaired) electrons. The minimum atomic E-state index is 0.531. The van der Waals surface area contributed by atoms with Crippen LogP contribution in [0.15, 0.2) is 24.3 Å². The molecule has 0 amide bonds. The summed E-state index contributed by atoms with van der Waals surface area (Å²) in [7, 11) is 0. The van der Waals surface area contributed by atoms with Crippen LogP contribution in [0.2, 0.25) is 5.02 Å². The molecular weight excluding hydrogens is 170 g/mol. The largest absolute Gasteiger partial charge is 0.330 e. The fraction of sp³-hybridized carbons (Fsp3) is 0.400. The van der Waals surface area contributed by atoms with Gasteiger partial charge < -0.3 is 5.73 Å². The van der Waals surface area contributed by atoms with Crippen molar-refractivity contribution in [2.24, 2.45) is 11.7 Å². The number of halogens is 1. The summed E-state index contributed by atoms with van der Waals surface area (Å²) in [6.07, 6.45) is 1.01. The van der Waals surface area contributed by atoms with E-state index in [-0.39, 0.29) is 0 Å². The molecule has 0 saturated heterocycles. The Kier molecular flexibility index (Phi) is 3.57. The molecule has 0 aliphatic carbocycles. The second kappa shape index (κ2) is 4.48. The number of hydrogen-bond acceptors (Lipinski definition) is 1. The first-order valence-electron chi connectivity index (χ1n) is 4.17. The SMILES string of the molecule is C[C@@H](CN)Cc1cccc(Cl)c1. The Morgan fingerprint density at radius 2 is 2.25 bits per heavy atom. The summed E-state index contributed by atoms with van der Waals surface area (Å²) in [6, 6.07) is 7.94. The van der Waals surface area contributed by atoms with E-state index in [9.17, 15) is 0 Å². The predicted molar refractivity (Wildman–Crippen MR) is 53.4 cm³/mol. The summed E-state index contributed by atoms with van der Waals surface area (Å²) in [6.45, 7) is 2.87. The second-order valence-electron chi connectivity index (χ2n) is 3.17. The Labute approximate surface area is 78.5 Å². The van der Waals surface area contributed by atoms with Gasteiger partial charge in [0, 0.05) is 5.02 Å². The molecule has 1 atom stereocenters. The lowest BCUT2D eigenvalue weighted by atomic mass is 10.0. The van der Waals surface area contributed by atoms with E-state index in [1.165, 1.54) is 5.56 Å². The first-order valence-corrected chi connectivity index (χ1v) is 4.54. The Balaban J connectivity index is 2.63. The van der Waals surface area contributed by atoms with Gasteiger partial charge in [-0.15, -0.1) is 0 Å². The molecule has 1 aromatic rings. The molecule has 0 aromatic heterocycles. The lowest BCUT2D eigenvalue weighted by Gasteiger charge is -2.07. The molecule has 2 N–H and O–H groups in total. The first-order chi connectivity index (χ1) is 5.72. The van der Waals surface area contributed by atoms with Crippen LogP contribution in [0.25, 0.3) is 0 Å². The van der Waals surface area contributed by atoms with Gasteiger partial charge in [-0.3, -0.25) is 0 Å². The highest BCUT2D eigenvalue weighted by atomic mass is 35.5. The van der Waals surface area contributed by atoms with Gasteiger partial charge in [0.1, 0.15) is 0 Å². The molecule has 0 unspecified atom stereocenters. The van der Waals surface area contributed by atoms with Gasteiger partial charge in [0.15, 0.2) is 0 Å². The molecule has 0 fully saturated rings. The molecule has 0 saturated carbocycles. The van der Waals surface area contributed by atoms with Crippen LogP contribution in [0.4, 0.5) is 0 Å². The second-order valence-corrected chi connectivity index (χ2v) is 3.61. The van der Waals surface area contributed by atoms with E-state index in [2.05, 4.69) is 13.0 Å². The van der Waals surface area contributed by atoms with Gasteiger partial charge >= 0.3 is 0 Å². The molecule has 0 aliphatic rings. The van der Waals surface area contributed by atoms with Crippen molar-refractivity contribution in [1.29, 1.82) is 0 Å². The van der Waals surface area contributed by atoms with Crippen LogP contribution in [0.3, 0.4) is 0 Å². The van der Waals surface area contributed by atoms with Crippen molar-refractivity contribution in [2.75, 3.05) is 6.54 Å². The molecule has 0 spiro atoms. The molecule has 2 heteroatoms. The Bertz CT molecular complexity index is 247. The Hall–Kier alpha value is -0.530. The zero-order chi connectivity index (χ0) is 8.97. The van der Waals surface area contributed by atoms with Crippen LogP contribution >= 0.6 is 11.6 Å². The van der Waals surface area contributed by atoms with E-state index in [0.29, 0.717) is 5.92 Å². The predicted octanol–water partition coefficient (Wildman–Crippen LogP) is 2.48. The van der Waals surface area contributed by atoms with Gasteiger partial charge in [0.2, 0.25) is 0 Å². The minimum absolute atomic E-state index is 0.531. The van der Waals surface area contributed by atoms with Gasteiger partial charge in [-0.25, -0.2) is 0 Å². The van der Waals surface area contributed by atoms with Crippen LogP contribution in [0.5, 0.6) is 0 Å². The Morgan fingerprint density at radius 1 is 1.50 bits per heavy atom. The summed E-state index contributed by atoms with van der Waals surface area (Å²) in [4.78, 5) is 0. The molecule has 0 heterocycles. The van der Waals surface area contributed by atoms with Gasteiger partial charge in [0.25, 0.3) is 0 Å². The summed E-state index contributed by atoms with van der Waals surface area (Å²) in [5, 5.41) is 0.803. The fourth-order valence-corrected chi connectivity index (χ4v) is 1.36. The quantitative estimate of drug-likeness (QED) is 0.766. The minimum Gasteiger partial charge on any atom is -0.330 e. The molecular formula is C10H14ClN. The molecule has 66 valence electrons. The first kappa shape index (κ1) is 9.56. The third kappa shape index (κ3) is 2.84. The lowest BCUT2D eigenvalue weighted by molar-refractivity contribution is 0.593. The molecule has 1 nitrogen and oxygen atoms in total. The molecule has 0 bridgehead atoms. The number of benzene rings is 1. The van der Waals surface area contributed by atoms with Crippen LogP contribution in [-0.4, -0.2) is 6.54 Å². The van der Waals surface area contributed by atoms with Gasteiger partial charge in [0.05, 0.1) is 0 Å². The standard InChI is InChI=1S/C10H14ClN/c1-8(7-12)5-9-3-2-4-10(11)6-9/h2-4,6,8H,5,7,12H2,1H3/t8-/m1/s1.